The topological polar surface area (TPSA) is 101 Å². The first kappa shape index (κ1) is 23.2. The van der Waals surface area contributed by atoms with Crippen molar-refractivity contribution in [2.24, 2.45) is 4.99 Å². The molecule has 30 heavy (non-hydrogen) atoms. The van der Waals surface area contributed by atoms with Gasteiger partial charge in [-0.1, -0.05) is 0 Å². The summed E-state index contributed by atoms with van der Waals surface area (Å²) in [6.45, 7) is 9.55. The first-order valence-corrected chi connectivity index (χ1v) is 9.96. The van der Waals surface area contributed by atoms with Crippen molar-refractivity contribution in [3.8, 4) is 11.5 Å². The quantitative estimate of drug-likeness (QED) is 0.345. The third-order valence-corrected chi connectivity index (χ3v) is 3.71. The van der Waals surface area contributed by atoms with Crippen molar-refractivity contribution in [2.45, 2.75) is 39.7 Å². The second-order valence-corrected chi connectivity index (χ2v) is 7.52. The number of oxazole rings is 1. The first-order chi connectivity index (χ1) is 14.3. The minimum absolute atomic E-state index is 0.301. The fourth-order valence-corrected chi connectivity index (χ4v) is 2.43. The van der Waals surface area contributed by atoms with E-state index in [0.717, 1.165) is 11.3 Å². The normalized spacial score (nSPS) is 11.8. The number of benzene rings is 1. The van der Waals surface area contributed by atoms with Crippen molar-refractivity contribution in [2.75, 3.05) is 26.2 Å². The molecule has 0 spiro atoms. The SMILES string of the molecule is CCNC(=NCCc1coc(-c2ccc(F)cc2)n1)NCCNC(=O)OC(C)(C)C. The molecule has 0 aliphatic heterocycles. The maximum atomic E-state index is 13.0. The molecular weight excluding hydrogens is 389 g/mol. The lowest BCUT2D eigenvalue weighted by molar-refractivity contribution is 0.0529. The Kier molecular flexibility index (Phi) is 8.64. The number of halogens is 1. The molecule has 164 valence electrons. The van der Waals surface area contributed by atoms with Crippen molar-refractivity contribution in [3.63, 3.8) is 0 Å². The first-order valence-electron chi connectivity index (χ1n) is 9.96. The fraction of sp³-hybridized carbons (Fsp3) is 0.476. The average molecular weight is 420 g/mol. The van der Waals surface area contributed by atoms with Crippen LogP contribution in [0.1, 0.15) is 33.4 Å². The standard InChI is InChI=1S/C21H30FN5O3/c1-5-23-19(25-12-13-26-20(28)30-21(2,3)4)24-11-10-17-14-29-18(27-17)15-6-8-16(22)9-7-15/h6-9,14H,5,10-13H2,1-4H3,(H,26,28)(H2,23,24,25). The molecule has 0 saturated heterocycles. The predicted molar refractivity (Wildman–Crippen MR) is 114 cm³/mol. The van der Waals surface area contributed by atoms with E-state index in [-0.39, 0.29) is 5.82 Å². The number of aliphatic imine (C=N–C) groups is 1. The average Bonchev–Trinajstić information content (AvgIpc) is 3.13. The minimum Gasteiger partial charge on any atom is -0.444 e. The molecule has 0 radical (unpaired) electrons. The van der Waals surface area contributed by atoms with Crippen LogP contribution in [0.15, 0.2) is 39.9 Å². The molecule has 2 rings (SSSR count). The number of rotatable bonds is 8. The molecule has 0 fully saturated rings. The Bertz CT molecular complexity index is 828. The Balaban J connectivity index is 1.78. The van der Waals surface area contributed by atoms with E-state index < -0.39 is 11.7 Å². The Morgan fingerprint density at radius 2 is 1.87 bits per heavy atom. The Morgan fingerprint density at radius 1 is 1.17 bits per heavy atom. The highest BCUT2D eigenvalue weighted by Crippen LogP contribution is 2.19. The maximum Gasteiger partial charge on any atom is 0.407 e. The summed E-state index contributed by atoms with van der Waals surface area (Å²) in [6.07, 6.45) is 1.73. The van der Waals surface area contributed by atoms with Crippen LogP contribution < -0.4 is 16.0 Å². The van der Waals surface area contributed by atoms with Crippen molar-refractivity contribution in [3.05, 3.63) is 42.0 Å². The van der Waals surface area contributed by atoms with Gasteiger partial charge in [-0.05, 0) is 52.0 Å². The van der Waals surface area contributed by atoms with Gasteiger partial charge in [-0.3, -0.25) is 4.99 Å². The van der Waals surface area contributed by atoms with E-state index in [1.54, 1.807) is 18.4 Å². The smallest absolute Gasteiger partial charge is 0.407 e. The number of amides is 1. The van der Waals surface area contributed by atoms with Crippen LogP contribution >= 0.6 is 0 Å². The highest BCUT2D eigenvalue weighted by molar-refractivity contribution is 5.79. The molecule has 0 aliphatic carbocycles. The Hall–Kier alpha value is -3.10. The maximum absolute atomic E-state index is 13.0. The molecule has 2 aromatic rings. The van der Waals surface area contributed by atoms with Crippen molar-refractivity contribution in [1.29, 1.82) is 0 Å². The number of carbonyl (C=O) groups excluding carboxylic acids is 1. The zero-order valence-corrected chi connectivity index (χ0v) is 17.9. The van der Waals surface area contributed by atoms with Crippen molar-refractivity contribution < 1.29 is 18.3 Å². The molecule has 1 amide bonds. The number of hydrogen-bond donors (Lipinski definition) is 3. The highest BCUT2D eigenvalue weighted by Gasteiger charge is 2.15. The Morgan fingerprint density at radius 3 is 2.53 bits per heavy atom. The summed E-state index contributed by atoms with van der Waals surface area (Å²) in [5.74, 6) is 0.794. The molecule has 9 heteroatoms. The largest absolute Gasteiger partial charge is 0.444 e. The van der Waals surface area contributed by atoms with E-state index in [2.05, 4.69) is 25.9 Å². The van der Waals surface area contributed by atoms with Crippen LogP contribution in [0.4, 0.5) is 9.18 Å². The summed E-state index contributed by atoms with van der Waals surface area (Å²) < 4.78 is 23.7. The highest BCUT2D eigenvalue weighted by atomic mass is 19.1. The van der Waals surface area contributed by atoms with Crippen LogP contribution in [0, 0.1) is 5.82 Å². The monoisotopic (exact) mass is 419 g/mol. The van der Waals surface area contributed by atoms with Gasteiger partial charge in [0.2, 0.25) is 5.89 Å². The second-order valence-electron chi connectivity index (χ2n) is 7.52. The molecule has 0 bridgehead atoms. The lowest BCUT2D eigenvalue weighted by atomic mass is 10.2. The Labute approximate surface area is 176 Å². The lowest BCUT2D eigenvalue weighted by Crippen LogP contribution is -2.42. The van der Waals surface area contributed by atoms with Gasteiger partial charge in [-0.2, -0.15) is 0 Å². The zero-order chi connectivity index (χ0) is 22.0. The van der Waals surface area contributed by atoms with Crippen molar-refractivity contribution in [1.82, 2.24) is 20.9 Å². The number of aromatic nitrogens is 1. The number of ether oxygens (including phenoxy) is 1. The molecule has 1 heterocycles. The lowest BCUT2D eigenvalue weighted by Gasteiger charge is -2.19. The number of nitrogens with zero attached hydrogens (tertiary/aromatic N) is 2. The van der Waals surface area contributed by atoms with E-state index in [0.29, 0.717) is 44.5 Å². The van der Waals surface area contributed by atoms with Crippen LogP contribution in [0.25, 0.3) is 11.5 Å². The van der Waals surface area contributed by atoms with Crippen LogP contribution in [-0.4, -0.2) is 48.8 Å². The third-order valence-electron chi connectivity index (χ3n) is 3.71. The van der Waals surface area contributed by atoms with E-state index in [1.165, 1.54) is 12.1 Å². The van der Waals surface area contributed by atoms with Crippen molar-refractivity contribution >= 4 is 12.1 Å². The number of nitrogens with one attached hydrogen (secondary N) is 3. The zero-order valence-electron chi connectivity index (χ0n) is 17.9. The molecule has 0 saturated carbocycles. The molecule has 1 aromatic heterocycles. The molecule has 3 N–H and O–H groups in total. The summed E-state index contributed by atoms with van der Waals surface area (Å²) in [5, 5.41) is 8.99. The molecular formula is C21H30FN5O3. The van der Waals surface area contributed by atoms with E-state index in [9.17, 15) is 9.18 Å². The number of guanidine groups is 1. The van der Waals surface area contributed by atoms with E-state index in [4.69, 9.17) is 9.15 Å². The van der Waals surface area contributed by atoms with Gasteiger partial charge < -0.3 is 25.1 Å². The van der Waals surface area contributed by atoms with Gasteiger partial charge in [0.25, 0.3) is 0 Å². The van der Waals surface area contributed by atoms with Crippen LogP contribution in [-0.2, 0) is 11.2 Å². The number of hydrogen-bond acceptors (Lipinski definition) is 5. The molecule has 0 unspecified atom stereocenters. The van der Waals surface area contributed by atoms with Gasteiger partial charge in [-0.25, -0.2) is 14.2 Å². The fourth-order valence-electron chi connectivity index (χ4n) is 2.43. The second kappa shape index (κ2) is 11.2. The van der Waals surface area contributed by atoms with Gasteiger partial charge in [0.1, 0.15) is 17.7 Å². The van der Waals surface area contributed by atoms with Gasteiger partial charge in [-0.15, -0.1) is 0 Å². The van der Waals surface area contributed by atoms with E-state index >= 15 is 0 Å². The molecule has 0 aliphatic rings. The van der Waals surface area contributed by atoms with Gasteiger partial charge in [0, 0.05) is 38.2 Å². The minimum atomic E-state index is -0.522. The predicted octanol–water partition coefficient (Wildman–Crippen LogP) is 3.10. The van der Waals surface area contributed by atoms with Gasteiger partial charge in [0.15, 0.2) is 5.96 Å². The third kappa shape index (κ3) is 8.50. The van der Waals surface area contributed by atoms with Crippen LogP contribution in [0.2, 0.25) is 0 Å². The van der Waals surface area contributed by atoms with Crippen LogP contribution in [0.5, 0.6) is 0 Å². The number of alkyl carbamates (subject to hydrolysis) is 1. The summed E-state index contributed by atoms with van der Waals surface area (Å²) in [6, 6.07) is 5.99. The molecule has 0 atom stereocenters. The summed E-state index contributed by atoms with van der Waals surface area (Å²) in [5.41, 5.74) is 0.963. The van der Waals surface area contributed by atoms with Gasteiger partial charge >= 0.3 is 6.09 Å². The van der Waals surface area contributed by atoms with E-state index in [1.807, 2.05) is 27.7 Å². The summed E-state index contributed by atoms with van der Waals surface area (Å²) in [7, 11) is 0. The summed E-state index contributed by atoms with van der Waals surface area (Å²) >= 11 is 0. The molecule has 1 aromatic carbocycles. The van der Waals surface area contributed by atoms with Gasteiger partial charge in [0.05, 0.1) is 5.69 Å². The van der Waals surface area contributed by atoms with Crippen LogP contribution in [0.3, 0.4) is 0 Å². The summed E-state index contributed by atoms with van der Waals surface area (Å²) in [4.78, 5) is 20.6. The number of carbonyl (C=O) groups is 1. The molecule has 8 nitrogen and oxygen atoms in total.